The van der Waals surface area contributed by atoms with Gasteiger partial charge in [-0.3, -0.25) is 9.59 Å². The van der Waals surface area contributed by atoms with Crippen molar-refractivity contribution in [3.05, 3.63) is 64.1 Å². The number of aliphatic hydroxyl groups excluding tert-OH is 1. The first-order chi connectivity index (χ1) is 13.1. The molecular weight excluding hydrogens is 360 g/mol. The third-order valence-electron chi connectivity index (χ3n) is 5.01. The molecule has 1 saturated carbocycles. The monoisotopic (exact) mass is 386 g/mol. The predicted octanol–water partition coefficient (Wildman–Crippen LogP) is 3.15. The van der Waals surface area contributed by atoms with E-state index in [0.29, 0.717) is 24.9 Å². The fourth-order valence-electron chi connectivity index (χ4n) is 3.48. The van der Waals surface area contributed by atoms with Gasteiger partial charge >= 0.3 is 0 Å². The normalized spacial score (nSPS) is 19.6. The molecule has 1 fully saturated rings. The average Bonchev–Trinajstić information content (AvgIpc) is 2.67. The molecular formula is C21H26N2O3S. The molecule has 144 valence electrons. The van der Waals surface area contributed by atoms with Gasteiger partial charge in [-0.15, -0.1) is 11.8 Å². The first-order valence-electron chi connectivity index (χ1n) is 9.42. The quantitative estimate of drug-likeness (QED) is 0.591. The number of carbonyl (C=O) groups is 1. The summed E-state index contributed by atoms with van der Waals surface area (Å²) in [7, 11) is 0. The summed E-state index contributed by atoms with van der Waals surface area (Å²) in [5.74, 6) is 0.437. The third kappa shape index (κ3) is 5.02. The Morgan fingerprint density at radius 3 is 2.59 bits per heavy atom. The van der Waals surface area contributed by atoms with E-state index >= 15 is 0 Å². The molecule has 2 aromatic rings. The van der Waals surface area contributed by atoms with E-state index in [9.17, 15) is 14.7 Å². The van der Waals surface area contributed by atoms with E-state index in [-0.39, 0.29) is 29.2 Å². The number of aryl methyl sites for hydroxylation is 1. The lowest BCUT2D eigenvalue weighted by Gasteiger charge is -2.27. The molecule has 0 spiro atoms. The van der Waals surface area contributed by atoms with Crippen LogP contribution >= 0.6 is 11.8 Å². The van der Waals surface area contributed by atoms with Gasteiger partial charge in [0.05, 0.1) is 6.10 Å². The molecule has 1 aliphatic carbocycles. The van der Waals surface area contributed by atoms with Gasteiger partial charge in [-0.1, -0.05) is 18.2 Å². The minimum atomic E-state index is -0.309. The lowest BCUT2D eigenvalue weighted by atomic mass is 9.92. The zero-order valence-corrected chi connectivity index (χ0v) is 16.4. The van der Waals surface area contributed by atoms with E-state index in [1.165, 1.54) is 0 Å². The molecule has 1 amide bonds. The van der Waals surface area contributed by atoms with Crippen molar-refractivity contribution in [2.45, 2.75) is 49.6 Å². The van der Waals surface area contributed by atoms with Crippen LogP contribution in [0.3, 0.4) is 0 Å². The summed E-state index contributed by atoms with van der Waals surface area (Å²) in [4.78, 5) is 26.7. The summed E-state index contributed by atoms with van der Waals surface area (Å²) in [5.41, 5.74) is 0.693. The van der Waals surface area contributed by atoms with Gasteiger partial charge in [0.25, 0.3) is 11.5 Å². The smallest absolute Gasteiger partial charge is 0.263 e. The average molecular weight is 387 g/mol. The molecule has 0 unspecified atom stereocenters. The molecule has 6 heteroatoms. The van der Waals surface area contributed by atoms with Crippen LogP contribution in [0.4, 0.5) is 0 Å². The van der Waals surface area contributed by atoms with E-state index in [1.54, 1.807) is 29.4 Å². The van der Waals surface area contributed by atoms with E-state index in [4.69, 9.17) is 0 Å². The number of benzene rings is 1. The maximum absolute atomic E-state index is 12.9. The van der Waals surface area contributed by atoms with Gasteiger partial charge in [-0.25, -0.2) is 0 Å². The summed E-state index contributed by atoms with van der Waals surface area (Å²) in [6, 6.07) is 11.9. The van der Waals surface area contributed by atoms with Crippen LogP contribution in [0.5, 0.6) is 0 Å². The molecule has 0 bridgehead atoms. The lowest BCUT2D eigenvalue weighted by Crippen LogP contribution is -2.37. The van der Waals surface area contributed by atoms with Gasteiger partial charge in [0.15, 0.2) is 0 Å². The van der Waals surface area contributed by atoms with E-state index in [1.807, 2.05) is 36.4 Å². The number of aromatic nitrogens is 1. The number of nitrogens with zero attached hydrogens (tertiary/aromatic N) is 1. The molecule has 1 aromatic carbocycles. The summed E-state index contributed by atoms with van der Waals surface area (Å²) < 4.78 is 1.67. The maximum Gasteiger partial charge on any atom is 0.263 e. The van der Waals surface area contributed by atoms with Crippen molar-refractivity contribution in [2.75, 3.05) is 12.3 Å². The number of rotatable bonds is 6. The second-order valence-electron chi connectivity index (χ2n) is 6.97. The minimum absolute atomic E-state index is 0.0571. The Labute approximate surface area is 163 Å². The number of hydrogen-bond donors (Lipinski definition) is 2. The molecule has 27 heavy (non-hydrogen) atoms. The highest BCUT2D eigenvalue weighted by molar-refractivity contribution is 7.99. The number of pyridine rings is 1. The number of hydrogen-bond acceptors (Lipinski definition) is 4. The molecule has 1 heterocycles. The molecule has 1 aromatic heterocycles. The van der Waals surface area contributed by atoms with Gasteiger partial charge in [-0.2, -0.15) is 0 Å². The number of thioether (sulfide) groups is 1. The first kappa shape index (κ1) is 19.7. The second-order valence-corrected chi connectivity index (χ2v) is 8.13. The van der Waals surface area contributed by atoms with Crippen LogP contribution in [-0.4, -0.2) is 34.0 Å². The van der Waals surface area contributed by atoms with Crippen molar-refractivity contribution in [3.8, 4) is 0 Å². The lowest BCUT2D eigenvalue weighted by molar-refractivity contribution is 0.0949. The van der Waals surface area contributed by atoms with Crippen LogP contribution in [0, 0.1) is 6.92 Å². The minimum Gasteiger partial charge on any atom is -0.393 e. The van der Waals surface area contributed by atoms with Crippen LogP contribution in [0.15, 0.2) is 52.3 Å². The molecule has 3 rings (SSSR count). The van der Waals surface area contributed by atoms with Crippen LogP contribution in [-0.2, 0) is 0 Å². The molecule has 0 radical (unpaired) electrons. The highest BCUT2D eigenvalue weighted by Gasteiger charge is 2.24. The third-order valence-corrected chi connectivity index (χ3v) is 6.03. The fourth-order valence-corrected chi connectivity index (χ4v) is 4.27. The molecule has 1 aliphatic rings. The van der Waals surface area contributed by atoms with Crippen LogP contribution in [0.25, 0.3) is 0 Å². The van der Waals surface area contributed by atoms with Crippen molar-refractivity contribution in [1.29, 1.82) is 0 Å². The Bertz CT molecular complexity index is 827. The second kappa shape index (κ2) is 9.24. The zero-order valence-electron chi connectivity index (χ0n) is 15.6. The summed E-state index contributed by atoms with van der Waals surface area (Å²) in [5, 5.41) is 12.6. The van der Waals surface area contributed by atoms with E-state index < -0.39 is 0 Å². The van der Waals surface area contributed by atoms with Gasteiger partial charge in [-0.05, 0) is 56.4 Å². The number of amides is 1. The van der Waals surface area contributed by atoms with Crippen LogP contribution in [0.1, 0.15) is 47.6 Å². The Balaban J connectivity index is 1.63. The van der Waals surface area contributed by atoms with E-state index in [0.717, 1.165) is 23.5 Å². The van der Waals surface area contributed by atoms with Gasteiger partial charge < -0.3 is 15.0 Å². The molecule has 0 atom stereocenters. The molecule has 0 aliphatic heterocycles. The SMILES string of the molecule is Cc1ccn(C2CCC(O)CC2)c(=O)c1C(=O)NCCSc1ccccc1. The first-order valence-corrected chi connectivity index (χ1v) is 10.4. The van der Waals surface area contributed by atoms with E-state index in [2.05, 4.69) is 5.32 Å². The zero-order chi connectivity index (χ0) is 19.2. The number of aliphatic hydroxyl groups is 1. The largest absolute Gasteiger partial charge is 0.393 e. The van der Waals surface area contributed by atoms with Gasteiger partial charge in [0, 0.05) is 29.4 Å². The van der Waals surface area contributed by atoms with Crippen molar-refractivity contribution in [3.63, 3.8) is 0 Å². The van der Waals surface area contributed by atoms with Crippen molar-refractivity contribution in [2.24, 2.45) is 0 Å². The Morgan fingerprint density at radius 2 is 1.89 bits per heavy atom. The van der Waals surface area contributed by atoms with Crippen LogP contribution < -0.4 is 10.9 Å². The number of nitrogens with one attached hydrogen (secondary N) is 1. The summed E-state index contributed by atoms with van der Waals surface area (Å²) in [6.45, 7) is 2.30. The Kier molecular flexibility index (Phi) is 6.74. The highest BCUT2D eigenvalue weighted by Crippen LogP contribution is 2.27. The summed E-state index contributed by atoms with van der Waals surface area (Å²) in [6.07, 6.45) is 4.43. The Hall–Kier alpha value is -2.05. The van der Waals surface area contributed by atoms with Gasteiger partial charge in [0.2, 0.25) is 0 Å². The van der Waals surface area contributed by atoms with Gasteiger partial charge in [0.1, 0.15) is 5.56 Å². The topological polar surface area (TPSA) is 71.3 Å². The van der Waals surface area contributed by atoms with Crippen molar-refractivity contribution in [1.82, 2.24) is 9.88 Å². The standard InChI is InChI=1S/C21H26N2O3S/c1-15-11-13-23(16-7-9-17(24)10-8-16)21(26)19(15)20(25)22-12-14-27-18-5-3-2-4-6-18/h2-6,11,13,16-17,24H,7-10,12,14H2,1H3,(H,22,25). The van der Waals surface area contributed by atoms with Crippen molar-refractivity contribution < 1.29 is 9.90 Å². The molecule has 2 N–H and O–H groups in total. The van der Waals surface area contributed by atoms with Crippen LogP contribution in [0.2, 0.25) is 0 Å². The fraction of sp³-hybridized carbons (Fsp3) is 0.429. The molecule has 0 saturated heterocycles. The predicted molar refractivity (Wildman–Crippen MR) is 108 cm³/mol. The molecule has 5 nitrogen and oxygen atoms in total. The highest BCUT2D eigenvalue weighted by atomic mass is 32.2. The Morgan fingerprint density at radius 1 is 1.19 bits per heavy atom. The summed E-state index contributed by atoms with van der Waals surface area (Å²) >= 11 is 1.67. The number of carbonyl (C=O) groups excluding carboxylic acids is 1. The van der Waals surface area contributed by atoms with Crippen molar-refractivity contribution >= 4 is 17.7 Å². The maximum atomic E-state index is 12.9.